The Morgan fingerprint density at radius 3 is 2.84 bits per heavy atom. The minimum atomic E-state index is -0.433. The molecule has 1 aliphatic heterocycles. The first-order chi connectivity index (χ1) is 9.06. The Kier molecular flexibility index (Phi) is 4.36. The first-order valence-electron chi connectivity index (χ1n) is 6.68. The van der Waals surface area contributed by atoms with Gasteiger partial charge in [0.1, 0.15) is 0 Å². The van der Waals surface area contributed by atoms with Gasteiger partial charge >= 0.3 is 0 Å². The first-order valence-corrected chi connectivity index (χ1v) is 6.68. The average Bonchev–Trinajstić information content (AvgIpc) is 2.86. The Labute approximate surface area is 112 Å². The molecule has 7 nitrogen and oxygen atoms in total. The molecule has 0 aliphatic carbocycles. The lowest BCUT2D eigenvalue weighted by Crippen LogP contribution is -2.33. The summed E-state index contributed by atoms with van der Waals surface area (Å²) in [5.74, 6) is 1.34. The summed E-state index contributed by atoms with van der Waals surface area (Å²) < 4.78 is 5.16. The Hall–Kier alpha value is -1.63. The molecule has 0 aromatic carbocycles. The van der Waals surface area contributed by atoms with Gasteiger partial charge in [0, 0.05) is 19.5 Å². The van der Waals surface area contributed by atoms with E-state index in [0.717, 1.165) is 31.8 Å². The molecule has 4 N–H and O–H groups in total. The second kappa shape index (κ2) is 6.01. The zero-order valence-corrected chi connectivity index (χ0v) is 11.2. The third-order valence-electron chi connectivity index (χ3n) is 3.52. The second-order valence-corrected chi connectivity index (χ2v) is 5.21. The van der Waals surface area contributed by atoms with Crippen LogP contribution in [-0.2, 0) is 4.79 Å². The molecule has 1 fully saturated rings. The van der Waals surface area contributed by atoms with Crippen LogP contribution in [0.3, 0.4) is 0 Å². The maximum Gasteiger partial charge on any atom is 0.266 e. The average molecular weight is 267 g/mol. The molecule has 0 radical (unpaired) electrons. The van der Waals surface area contributed by atoms with Gasteiger partial charge in [0.2, 0.25) is 11.8 Å². The van der Waals surface area contributed by atoms with Gasteiger partial charge in [-0.3, -0.25) is 4.79 Å². The van der Waals surface area contributed by atoms with Crippen LogP contribution in [0.5, 0.6) is 0 Å². The van der Waals surface area contributed by atoms with Gasteiger partial charge in [0.25, 0.3) is 5.95 Å². The summed E-state index contributed by atoms with van der Waals surface area (Å²) >= 11 is 0. The summed E-state index contributed by atoms with van der Waals surface area (Å²) in [6.45, 7) is 4.13. The van der Waals surface area contributed by atoms with E-state index in [-0.39, 0.29) is 12.3 Å². The van der Waals surface area contributed by atoms with Gasteiger partial charge in [0.05, 0.1) is 6.04 Å². The summed E-state index contributed by atoms with van der Waals surface area (Å²) in [6.07, 6.45) is 2.92. The van der Waals surface area contributed by atoms with Crippen molar-refractivity contribution in [1.82, 2.24) is 10.1 Å². The standard InChI is InChI=1S/C12H21N5O2/c1-8-4-6-17(7-5-8)12-15-11(19-16-12)9(13)2-3-10(14)18/h8-9H,2-7,13H2,1H3,(H2,14,18)/t9-/m0/s1. The highest BCUT2D eigenvalue weighted by molar-refractivity contribution is 5.73. The number of carbonyl (C=O) groups is 1. The number of carbonyl (C=O) groups excluding carboxylic acids is 1. The lowest BCUT2D eigenvalue weighted by atomic mass is 10.00. The molecule has 1 aliphatic rings. The van der Waals surface area contributed by atoms with Crippen LogP contribution in [0.4, 0.5) is 5.95 Å². The Morgan fingerprint density at radius 1 is 1.53 bits per heavy atom. The fourth-order valence-electron chi connectivity index (χ4n) is 2.14. The van der Waals surface area contributed by atoms with Crippen LogP contribution < -0.4 is 16.4 Å². The molecule has 0 unspecified atom stereocenters. The molecule has 0 bridgehead atoms. The van der Waals surface area contributed by atoms with Gasteiger partial charge in [-0.15, -0.1) is 0 Å². The smallest absolute Gasteiger partial charge is 0.266 e. The fraction of sp³-hybridized carbons (Fsp3) is 0.750. The van der Waals surface area contributed by atoms with E-state index in [1.54, 1.807) is 0 Å². The largest absolute Gasteiger partial charge is 0.370 e. The summed E-state index contributed by atoms with van der Waals surface area (Å²) in [5, 5.41) is 3.96. The maximum absolute atomic E-state index is 10.7. The minimum Gasteiger partial charge on any atom is -0.370 e. The number of anilines is 1. The summed E-state index contributed by atoms with van der Waals surface area (Å²) in [4.78, 5) is 17.1. The van der Waals surface area contributed by atoms with E-state index in [9.17, 15) is 4.79 Å². The Balaban J connectivity index is 1.92. The van der Waals surface area contributed by atoms with Gasteiger partial charge < -0.3 is 20.9 Å². The van der Waals surface area contributed by atoms with Crippen LogP contribution in [0, 0.1) is 5.92 Å². The first kappa shape index (κ1) is 13.8. The van der Waals surface area contributed by atoms with Crippen LogP contribution in [0.2, 0.25) is 0 Å². The fourth-order valence-corrected chi connectivity index (χ4v) is 2.14. The van der Waals surface area contributed by atoms with Crippen LogP contribution >= 0.6 is 0 Å². The molecule has 1 saturated heterocycles. The highest BCUT2D eigenvalue weighted by Gasteiger charge is 2.22. The van der Waals surface area contributed by atoms with Crippen molar-refractivity contribution in [3.05, 3.63) is 5.89 Å². The van der Waals surface area contributed by atoms with Crippen LogP contribution in [0.25, 0.3) is 0 Å². The predicted octanol–water partition coefficient (Wildman–Crippen LogP) is 0.571. The van der Waals surface area contributed by atoms with Crippen molar-refractivity contribution in [3.8, 4) is 0 Å². The van der Waals surface area contributed by atoms with Gasteiger partial charge in [-0.25, -0.2) is 0 Å². The number of amides is 1. The highest BCUT2D eigenvalue weighted by atomic mass is 16.5. The minimum absolute atomic E-state index is 0.222. The quantitative estimate of drug-likeness (QED) is 0.806. The molecule has 106 valence electrons. The molecule has 0 saturated carbocycles. The van der Waals surface area contributed by atoms with Crippen molar-refractivity contribution in [2.24, 2.45) is 17.4 Å². The molecule has 19 heavy (non-hydrogen) atoms. The van der Waals surface area contributed by atoms with Crippen LogP contribution in [0.15, 0.2) is 4.52 Å². The summed E-state index contributed by atoms with van der Waals surface area (Å²) in [5.41, 5.74) is 11.0. The van der Waals surface area contributed by atoms with E-state index in [1.165, 1.54) is 0 Å². The van der Waals surface area contributed by atoms with Gasteiger partial charge in [0.15, 0.2) is 0 Å². The number of rotatable bonds is 5. The number of nitrogens with zero attached hydrogens (tertiary/aromatic N) is 3. The molecular weight excluding hydrogens is 246 g/mol. The molecule has 1 aromatic rings. The molecule has 7 heteroatoms. The van der Waals surface area contributed by atoms with Gasteiger partial charge in [-0.2, -0.15) is 4.98 Å². The lowest BCUT2D eigenvalue weighted by molar-refractivity contribution is -0.118. The molecule has 1 amide bonds. The van der Waals surface area contributed by atoms with Crippen LogP contribution in [-0.4, -0.2) is 29.1 Å². The molecule has 1 atom stereocenters. The van der Waals surface area contributed by atoms with E-state index >= 15 is 0 Å². The van der Waals surface area contributed by atoms with E-state index in [4.69, 9.17) is 16.0 Å². The van der Waals surface area contributed by atoms with Crippen molar-refractivity contribution in [2.45, 2.75) is 38.6 Å². The van der Waals surface area contributed by atoms with Crippen molar-refractivity contribution in [3.63, 3.8) is 0 Å². The second-order valence-electron chi connectivity index (χ2n) is 5.21. The van der Waals surface area contributed by atoms with E-state index in [2.05, 4.69) is 22.0 Å². The number of primary amides is 1. The van der Waals surface area contributed by atoms with Crippen molar-refractivity contribution in [2.75, 3.05) is 18.0 Å². The van der Waals surface area contributed by atoms with Crippen molar-refractivity contribution < 1.29 is 9.32 Å². The lowest BCUT2D eigenvalue weighted by Gasteiger charge is -2.28. The number of hydrogen-bond donors (Lipinski definition) is 2. The number of piperidine rings is 1. The van der Waals surface area contributed by atoms with Crippen molar-refractivity contribution >= 4 is 11.9 Å². The van der Waals surface area contributed by atoms with Gasteiger partial charge in [-0.05, 0) is 30.3 Å². The van der Waals surface area contributed by atoms with E-state index in [0.29, 0.717) is 18.3 Å². The zero-order valence-electron chi connectivity index (χ0n) is 11.2. The number of hydrogen-bond acceptors (Lipinski definition) is 6. The van der Waals surface area contributed by atoms with E-state index < -0.39 is 6.04 Å². The monoisotopic (exact) mass is 267 g/mol. The Morgan fingerprint density at radius 2 is 2.21 bits per heavy atom. The number of aromatic nitrogens is 2. The van der Waals surface area contributed by atoms with Gasteiger partial charge in [-0.1, -0.05) is 6.92 Å². The normalized spacial score (nSPS) is 18.5. The van der Waals surface area contributed by atoms with Crippen molar-refractivity contribution in [1.29, 1.82) is 0 Å². The SMILES string of the molecule is CC1CCN(c2noc([C@@H](N)CCC(N)=O)n2)CC1. The maximum atomic E-state index is 10.7. The van der Waals surface area contributed by atoms with Crippen LogP contribution in [0.1, 0.15) is 44.5 Å². The highest BCUT2D eigenvalue weighted by Crippen LogP contribution is 2.22. The molecule has 2 rings (SSSR count). The topological polar surface area (TPSA) is 111 Å². The molecule has 0 spiro atoms. The Bertz CT molecular complexity index is 426. The molecule has 1 aromatic heterocycles. The molecule has 2 heterocycles. The summed E-state index contributed by atoms with van der Waals surface area (Å²) in [7, 11) is 0. The number of nitrogens with two attached hydrogens (primary N) is 2. The zero-order chi connectivity index (χ0) is 13.8. The predicted molar refractivity (Wildman–Crippen MR) is 70.3 cm³/mol. The summed E-state index contributed by atoms with van der Waals surface area (Å²) in [6, 6.07) is -0.433. The van der Waals surface area contributed by atoms with E-state index in [1.807, 2.05) is 0 Å². The third kappa shape index (κ3) is 3.66. The third-order valence-corrected chi connectivity index (χ3v) is 3.52. The molecular formula is C12H21N5O2.